The van der Waals surface area contributed by atoms with E-state index in [4.69, 9.17) is 17.3 Å². The summed E-state index contributed by atoms with van der Waals surface area (Å²) in [6, 6.07) is 10.7. The van der Waals surface area contributed by atoms with E-state index in [0.717, 1.165) is 11.6 Å². The largest absolute Gasteiger partial charge is 0.398 e. The van der Waals surface area contributed by atoms with Crippen LogP contribution in [0.1, 0.15) is 15.9 Å². The van der Waals surface area contributed by atoms with Crippen molar-refractivity contribution in [1.82, 2.24) is 5.32 Å². The zero-order valence-electron chi connectivity index (χ0n) is 10.9. The summed E-state index contributed by atoms with van der Waals surface area (Å²) in [5, 5.41) is 14.0. The first-order valence-corrected chi connectivity index (χ1v) is 6.42. The van der Waals surface area contributed by atoms with Gasteiger partial charge in [0.25, 0.3) is 11.6 Å². The molecule has 108 valence electrons. The van der Waals surface area contributed by atoms with Crippen LogP contribution in [0.25, 0.3) is 0 Å². The minimum absolute atomic E-state index is 0.0816. The molecule has 6 nitrogen and oxygen atoms in total. The van der Waals surface area contributed by atoms with E-state index in [1.165, 1.54) is 12.1 Å². The molecule has 0 saturated heterocycles. The molecule has 7 heteroatoms. The van der Waals surface area contributed by atoms with Crippen LogP contribution in [-0.4, -0.2) is 10.8 Å². The summed E-state index contributed by atoms with van der Waals surface area (Å²) in [6.07, 6.45) is 0. The molecule has 1 amide bonds. The third kappa shape index (κ3) is 3.70. The van der Waals surface area contributed by atoms with Gasteiger partial charge in [-0.25, -0.2) is 0 Å². The number of non-ortho nitro benzene ring substituents is 1. The van der Waals surface area contributed by atoms with Crippen molar-refractivity contribution < 1.29 is 9.72 Å². The Kier molecular flexibility index (Phi) is 4.39. The highest BCUT2D eigenvalue weighted by molar-refractivity contribution is 6.30. The molecule has 0 spiro atoms. The smallest absolute Gasteiger partial charge is 0.270 e. The molecule has 0 aromatic heterocycles. The van der Waals surface area contributed by atoms with Crippen molar-refractivity contribution in [3.8, 4) is 0 Å². The van der Waals surface area contributed by atoms with Gasteiger partial charge in [-0.15, -0.1) is 0 Å². The molecule has 0 aliphatic heterocycles. The lowest BCUT2D eigenvalue weighted by atomic mass is 10.1. The molecule has 0 aliphatic rings. The highest BCUT2D eigenvalue weighted by Crippen LogP contribution is 2.19. The number of rotatable bonds is 4. The highest BCUT2D eigenvalue weighted by atomic mass is 35.5. The molecule has 0 saturated carbocycles. The number of anilines is 1. The van der Waals surface area contributed by atoms with E-state index in [1.807, 2.05) is 0 Å². The van der Waals surface area contributed by atoms with E-state index in [2.05, 4.69) is 5.32 Å². The number of benzene rings is 2. The summed E-state index contributed by atoms with van der Waals surface area (Å²) >= 11 is 5.77. The minimum atomic E-state index is -0.574. The lowest BCUT2D eigenvalue weighted by Gasteiger charge is -2.07. The van der Waals surface area contributed by atoms with Crippen molar-refractivity contribution in [2.75, 3.05) is 5.73 Å². The van der Waals surface area contributed by atoms with E-state index < -0.39 is 10.8 Å². The molecule has 0 atom stereocenters. The quantitative estimate of drug-likeness (QED) is 0.515. The van der Waals surface area contributed by atoms with Gasteiger partial charge in [0.05, 0.1) is 10.5 Å². The Labute approximate surface area is 125 Å². The van der Waals surface area contributed by atoms with Crippen molar-refractivity contribution in [3.63, 3.8) is 0 Å². The number of carbonyl (C=O) groups is 1. The molecule has 3 N–H and O–H groups in total. The van der Waals surface area contributed by atoms with Crippen LogP contribution in [0.4, 0.5) is 11.4 Å². The summed E-state index contributed by atoms with van der Waals surface area (Å²) in [5.41, 5.74) is 6.63. The molecule has 2 aromatic rings. The third-order valence-electron chi connectivity index (χ3n) is 2.86. The van der Waals surface area contributed by atoms with Gasteiger partial charge in [-0.2, -0.15) is 0 Å². The standard InChI is InChI=1S/C14H12ClN3O3/c15-10-3-1-9(2-4-10)8-17-14(19)12-7-11(18(20)21)5-6-13(12)16/h1-7H,8,16H2,(H,17,19). The molecule has 0 radical (unpaired) electrons. The molecule has 21 heavy (non-hydrogen) atoms. The van der Waals surface area contributed by atoms with Crippen LogP contribution in [0.3, 0.4) is 0 Å². The molecule has 0 heterocycles. The van der Waals surface area contributed by atoms with Crippen molar-refractivity contribution in [1.29, 1.82) is 0 Å². The fourth-order valence-electron chi connectivity index (χ4n) is 1.73. The number of halogens is 1. The van der Waals surface area contributed by atoms with Gasteiger partial charge in [0.1, 0.15) is 0 Å². The first-order chi connectivity index (χ1) is 9.97. The van der Waals surface area contributed by atoms with Crippen LogP contribution in [0.15, 0.2) is 42.5 Å². The molecule has 0 unspecified atom stereocenters. The SMILES string of the molecule is Nc1ccc([N+](=O)[O-])cc1C(=O)NCc1ccc(Cl)cc1. The fourth-order valence-corrected chi connectivity index (χ4v) is 1.86. The average Bonchev–Trinajstić information content (AvgIpc) is 2.46. The fraction of sp³-hybridized carbons (Fsp3) is 0.0714. The van der Waals surface area contributed by atoms with Crippen LogP contribution in [0.2, 0.25) is 5.02 Å². The molecule has 0 bridgehead atoms. The monoisotopic (exact) mass is 305 g/mol. The Hall–Kier alpha value is -2.60. The summed E-state index contributed by atoms with van der Waals surface area (Å²) in [5.74, 6) is -0.467. The number of nitro groups is 1. The molecule has 0 aliphatic carbocycles. The Morgan fingerprint density at radius 1 is 1.24 bits per heavy atom. The predicted octanol–water partition coefficient (Wildman–Crippen LogP) is 2.76. The number of nitrogens with one attached hydrogen (secondary N) is 1. The van der Waals surface area contributed by atoms with Gasteiger partial charge in [-0.05, 0) is 23.8 Å². The van der Waals surface area contributed by atoms with Gasteiger partial charge in [0.2, 0.25) is 0 Å². The van der Waals surface area contributed by atoms with Crippen LogP contribution >= 0.6 is 11.6 Å². The van der Waals surface area contributed by atoms with E-state index in [-0.39, 0.29) is 23.5 Å². The summed E-state index contributed by atoms with van der Waals surface area (Å²) < 4.78 is 0. The Bertz CT molecular complexity index is 686. The number of hydrogen-bond donors (Lipinski definition) is 2. The van der Waals surface area contributed by atoms with Gasteiger partial charge >= 0.3 is 0 Å². The van der Waals surface area contributed by atoms with Gasteiger partial charge in [-0.3, -0.25) is 14.9 Å². The van der Waals surface area contributed by atoms with E-state index in [9.17, 15) is 14.9 Å². The average molecular weight is 306 g/mol. The number of amides is 1. The van der Waals surface area contributed by atoms with Gasteiger partial charge in [0.15, 0.2) is 0 Å². The number of nitrogens with two attached hydrogens (primary N) is 1. The van der Waals surface area contributed by atoms with Crippen molar-refractivity contribution in [3.05, 3.63) is 68.7 Å². The number of hydrogen-bond acceptors (Lipinski definition) is 4. The number of nitrogen functional groups attached to an aromatic ring is 1. The topological polar surface area (TPSA) is 98.3 Å². The van der Waals surface area contributed by atoms with Crippen LogP contribution in [0.5, 0.6) is 0 Å². The summed E-state index contributed by atoms with van der Waals surface area (Å²) in [7, 11) is 0. The maximum atomic E-state index is 12.0. The maximum Gasteiger partial charge on any atom is 0.270 e. The van der Waals surface area contributed by atoms with Gasteiger partial charge < -0.3 is 11.1 Å². The van der Waals surface area contributed by atoms with Crippen molar-refractivity contribution in [2.24, 2.45) is 0 Å². The van der Waals surface area contributed by atoms with Crippen LogP contribution in [0, 0.1) is 10.1 Å². The Morgan fingerprint density at radius 3 is 2.52 bits per heavy atom. The van der Waals surface area contributed by atoms with E-state index >= 15 is 0 Å². The summed E-state index contributed by atoms with van der Waals surface area (Å²) in [4.78, 5) is 22.2. The highest BCUT2D eigenvalue weighted by Gasteiger charge is 2.15. The maximum absolute atomic E-state index is 12.0. The van der Waals surface area contributed by atoms with Gasteiger partial charge in [0, 0.05) is 29.4 Å². The zero-order valence-corrected chi connectivity index (χ0v) is 11.6. The zero-order chi connectivity index (χ0) is 15.4. The Balaban J connectivity index is 2.11. The number of nitrogens with zero attached hydrogens (tertiary/aromatic N) is 1. The second-order valence-corrected chi connectivity index (χ2v) is 4.77. The number of carbonyl (C=O) groups excluding carboxylic acids is 1. The minimum Gasteiger partial charge on any atom is -0.398 e. The lowest BCUT2D eigenvalue weighted by Crippen LogP contribution is -2.23. The second kappa shape index (κ2) is 6.23. The van der Waals surface area contributed by atoms with Crippen LogP contribution < -0.4 is 11.1 Å². The molecular formula is C14H12ClN3O3. The molecule has 2 rings (SSSR count). The number of nitro benzene ring substituents is 1. The Morgan fingerprint density at radius 2 is 1.90 bits per heavy atom. The summed E-state index contributed by atoms with van der Waals surface area (Å²) in [6.45, 7) is 0.276. The molecule has 0 fully saturated rings. The normalized spacial score (nSPS) is 10.1. The molecular weight excluding hydrogens is 294 g/mol. The van der Waals surface area contributed by atoms with E-state index in [1.54, 1.807) is 24.3 Å². The van der Waals surface area contributed by atoms with Crippen molar-refractivity contribution in [2.45, 2.75) is 6.54 Å². The second-order valence-electron chi connectivity index (χ2n) is 4.34. The lowest BCUT2D eigenvalue weighted by molar-refractivity contribution is -0.384. The van der Waals surface area contributed by atoms with Crippen LogP contribution in [-0.2, 0) is 6.54 Å². The first-order valence-electron chi connectivity index (χ1n) is 6.04. The molecule has 2 aromatic carbocycles. The van der Waals surface area contributed by atoms with Crippen molar-refractivity contribution >= 4 is 28.9 Å². The van der Waals surface area contributed by atoms with Gasteiger partial charge in [-0.1, -0.05) is 23.7 Å². The third-order valence-corrected chi connectivity index (χ3v) is 3.11. The first kappa shape index (κ1) is 14.8. The predicted molar refractivity (Wildman–Crippen MR) is 80.1 cm³/mol. The van der Waals surface area contributed by atoms with E-state index in [0.29, 0.717) is 5.02 Å².